The molecule has 1 saturated heterocycles. The van der Waals surface area contributed by atoms with Crippen LogP contribution in [0.25, 0.3) is 0 Å². The fourth-order valence-corrected chi connectivity index (χ4v) is 3.15. The number of fused-ring (bicyclic) bond motifs is 1. The Balaban J connectivity index is 1.56. The first-order valence-electron chi connectivity index (χ1n) is 7.57. The van der Waals surface area contributed by atoms with Crippen LogP contribution in [0.2, 0.25) is 5.02 Å². The van der Waals surface area contributed by atoms with Gasteiger partial charge in [-0.25, -0.2) is 0 Å². The third-order valence-electron chi connectivity index (χ3n) is 4.30. The average molecular weight is 333 g/mol. The lowest BCUT2D eigenvalue weighted by molar-refractivity contribution is -0.143. The molecule has 0 unspecified atom stereocenters. The second-order valence-corrected chi connectivity index (χ2v) is 6.26. The van der Waals surface area contributed by atoms with Gasteiger partial charge in [-0.3, -0.25) is 19.3 Å². The van der Waals surface area contributed by atoms with E-state index in [2.05, 4.69) is 5.32 Å². The summed E-state index contributed by atoms with van der Waals surface area (Å²) in [5.41, 5.74) is 0.902. The molecule has 3 amide bonds. The van der Waals surface area contributed by atoms with Crippen LogP contribution in [0.5, 0.6) is 0 Å². The Kier molecular flexibility index (Phi) is 4.48. The first-order chi connectivity index (χ1) is 11.1. The normalized spacial score (nSPS) is 23.1. The summed E-state index contributed by atoms with van der Waals surface area (Å²) in [4.78, 5) is 37.7. The molecule has 0 saturated carbocycles. The molecule has 1 fully saturated rings. The van der Waals surface area contributed by atoms with Gasteiger partial charge in [0.25, 0.3) is 0 Å². The highest BCUT2D eigenvalue weighted by atomic mass is 35.5. The topological polar surface area (TPSA) is 66.5 Å². The minimum atomic E-state index is -0.340. The molecule has 1 heterocycles. The van der Waals surface area contributed by atoms with Crippen LogP contribution >= 0.6 is 11.6 Å². The van der Waals surface area contributed by atoms with Crippen LogP contribution in [0.3, 0.4) is 0 Å². The number of hydrogen-bond donors (Lipinski definition) is 1. The zero-order chi connectivity index (χ0) is 16.4. The molecule has 0 aromatic heterocycles. The van der Waals surface area contributed by atoms with Gasteiger partial charge in [0.2, 0.25) is 17.7 Å². The van der Waals surface area contributed by atoms with Gasteiger partial charge in [-0.1, -0.05) is 35.9 Å². The maximum Gasteiger partial charge on any atom is 0.240 e. The number of nitrogens with zero attached hydrogens (tertiary/aromatic N) is 1. The summed E-state index contributed by atoms with van der Waals surface area (Å²) >= 11 is 5.81. The lowest BCUT2D eigenvalue weighted by Crippen LogP contribution is -2.40. The van der Waals surface area contributed by atoms with Crippen LogP contribution in [0.1, 0.15) is 18.4 Å². The third kappa shape index (κ3) is 3.29. The Hall–Kier alpha value is -2.14. The highest BCUT2D eigenvalue weighted by molar-refractivity contribution is 6.30. The van der Waals surface area contributed by atoms with Gasteiger partial charge in [-0.05, 0) is 30.5 Å². The van der Waals surface area contributed by atoms with Crippen molar-refractivity contribution < 1.29 is 14.4 Å². The van der Waals surface area contributed by atoms with Crippen molar-refractivity contribution >= 4 is 29.3 Å². The molecule has 1 N–H and O–H groups in total. The molecule has 1 aromatic rings. The van der Waals surface area contributed by atoms with Gasteiger partial charge in [0, 0.05) is 11.6 Å². The van der Waals surface area contributed by atoms with Gasteiger partial charge in [-0.15, -0.1) is 0 Å². The van der Waals surface area contributed by atoms with Crippen LogP contribution in [-0.2, 0) is 20.9 Å². The van der Waals surface area contributed by atoms with Crippen molar-refractivity contribution in [2.45, 2.75) is 19.4 Å². The lowest BCUT2D eigenvalue weighted by atomic mass is 9.85. The Bertz CT molecular complexity index is 643. The molecule has 3 rings (SSSR count). The fourth-order valence-electron chi connectivity index (χ4n) is 3.03. The van der Waals surface area contributed by atoms with Crippen LogP contribution < -0.4 is 5.32 Å². The molecule has 0 bridgehead atoms. The highest BCUT2D eigenvalue weighted by Crippen LogP contribution is 2.34. The van der Waals surface area contributed by atoms with E-state index in [1.807, 2.05) is 24.3 Å². The second kappa shape index (κ2) is 6.54. The van der Waals surface area contributed by atoms with Crippen molar-refractivity contribution in [3.05, 3.63) is 47.0 Å². The van der Waals surface area contributed by atoms with Crippen molar-refractivity contribution in [2.75, 3.05) is 6.54 Å². The maximum atomic E-state index is 12.3. The molecule has 1 aromatic carbocycles. The number of benzene rings is 1. The number of rotatable bonds is 4. The summed E-state index contributed by atoms with van der Waals surface area (Å²) in [6.45, 7) is 0.124. The van der Waals surface area contributed by atoms with Crippen LogP contribution in [0, 0.1) is 11.8 Å². The largest absolute Gasteiger partial charge is 0.350 e. The first kappa shape index (κ1) is 15.7. The Labute approximate surface area is 139 Å². The number of carbonyl (C=O) groups is 3. The summed E-state index contributed by atoms with van der Waals surface area (Å²) < 4.78 is 0. The van der Waals surface area contributed by atoms with E-state index >= 15 is 0 Å². The summed E-state index contributed by atoms with van der Waals surface area (Å²) in [7, 11) is 0. The van der Waals surface area contributed by atoms with E-state index in [1.54, 1.807) is 12.1 Å². The molecule has 2 atom stereocenters. The standard InChI is InChI=1S/C17H17ClN2O3/c18-12-7-5-11(6-8-12)9-19-15(21)10-20-16(22)13-3-1-2-4-14(13)17(20)23/h1-2,5-8,13-14H,3-4,9-10H2,(H,19,21)/t13-,14+. The molecule has 1 aliphatic heterocycles. The third-order valence-corrected chi connectivity index (χ3v) is 4.56. The minimum Gasteiger partial charge on any atom is -0.350 e. The van der Waals surface area contributed by atoms with Gasteiger partial charge < -0.3 is 5.32 Å². The van der Waals surface area contributed by atoms with Gasteiger partial charge in [0.05, 0.1) is 11.8 Å². The van der Waals surface area contributed by atoms with E-state index in [0.29, 0.717) is 24.4 Å². The molecule has 0 spiro atoms. The molecule has 1 aliphatic carbocycles. The average Bonchev–Trinajstić information content (AvgIpc) is 2.80. The van der Waals surface area contributed by atoms with E-state index in [9.17, 15) is 14.4 Å². The summed E-state index contributed by atoms with van der Waals surface area (Å²) in [6, 6.07) is 7.12. The summed E-state index contributed by atoms with van der Waals surface area (Å²) in [5, 5.41) is 3.35. The number of halogens is 1. The van der Waals surface area contributed by atoms with Crippen molar-refractivity contribution in [3.63, 3.8) is 0 Å². The monoisotopic (exact) mass is 332 g/mol. The van der Waals surface area contributed by atoms with Crippen molar-refractivity contribution in [2.24, 2.45) is 11.8 Å². The maximum absolute atomic E-state index is 12.3. The van der Waals surface area contributed by atoms with E-state index in [-0.39, 0.29) is 36.1 Å². The Morgan fingerprint density at radius 1 is 1.09 bits per heavy atom. The number of nitrogens with one attached hydrogen (secondary N) is 1. The number of allylic oxidation sites excluding steroid dienone is 2. The van der Waals surface area contributed by atoms with Crippen LogP contribution in [0.4, 0.5) is 0 Å². The number of likely N-dealkylation sites (tertiary alicyclic amines) is 1. The quantitative estimate of drug-likeness (QED) is 0.676. The number of hydrogen-bond acceptors (Lipinski definition) is 3. The molecule has 0 radical (unpaired) electrons. The van der Waals surface area contributed by atoms with Crippen LogP contribution in [-0.4, -0.2) is 29.2 Å². The predicted octanol–water partition coefficient (Wildman–Crippen LogP) is 1.91. The molecule has 6 heteroatoms. The molecular weight excluding hydrogens is 316 g/mol. The molecule has 23 heavy (non-hydrogen) atoms. The van der Waals surface area contributed by atoms with Crippen LogP contribution in [0.15, 0.2) is 36.4 Å². The minimum absolute atomic E-state index is 0.210. The molecule has 2 aliphatic rings. The van der Waals surface area contributed by atoms with E-state index < -0.39 is 0 Å². The SMILES string of the molecule is O=C(CN1C(=O)[C@H]2CC=CC[C@H]2C1=O)NCc1ccc(Cl)cc1. The smallest absolute Gasteiger partial charge is 0.240 e. The van der Waals surface area contributed by atoms with Gasteiger partial charge in [-0.2, -0.15) is 0 Å². The summed E-state index contributed by atoms with van der Waals surface area (Å²) in [6.07, 6.45) is 5.02. The van der Waals surface area contributed by atoms with Crippen molar-refractivity contribution in [1.29, 1.82) is 0 Å². The van der Waals surface area contributed by atoms with E-state index in [4.69, 9.17) is 11.6 Å². The van der Waals surface area contributed by atoms with E-state index in [0.717, 1.165) is 10.5 Å². The van der Waals surface area contributed by atoms with Gasteiger partial charge >= 0.3 is 0 Å². The fraction of sp³-hybridized carbons (Fsp3) is 0.353. The zero-order valence-electron chi connectivity index (χ0n) is 12.5. The first-order valence-corrected chi connectivity index (χ1v) is 7.95. The molecular formula is C17H17ClN2O3. The Morgan fingerprint density at radius 2 is 1.65 bits per heavy atom. The van der Waals surface area contributed by atoms with Gasteiger partial charge in [0.1, 0.15) is 6.54 Å². The lowest BCUT2D eigenvalue weighted by Gasteiger charge is -2.14. The number of carbonyl (C=O) groups excluding carboxylic acids is 3. The highest BCUT2D eigenvalue weighted by Gasteiger charge is 2.47. The number of amides is 3. The summed E-state index contributed by atoms with van der Waals surface area (Å²) in [5.74, 6) is -1.39. The second-order valence-electron chi connectivity index (χ2n) is 5.82. The molecule has 5 nitrogen and oxygen atoms in total. The zero-order valence-corrected chi connectivity index (χ0v) is 13.3. The van der Waals surface area contributed by atoms with Crippen molar-refractivity contribution in [3.8, 4) is 0 Å². The predicted molar refractivity (Wildman–Crippen MR) is 85.4 cm³/mol. The Morgan fingerprint density at radius 3 is 2.22 bits per heavy atom. The van der Waals surface area contributed by atoms with Gasteiger partial charge in [0.15, 0.2) is 0 Å². The molecule has 120 valence electrons. The van der Waals surface area contributed by atoms with E-state index in [1.165, 1.54) is 0 Å². The van der Waals surface area contributed by atoms with Crippen molar-refractivity contribution in [1.82, 2.24) is 10.2 Å². The number of imide groups is 1.